The number of ether oxygens (including phenoxy) is 2. The van der Waals surface area contributed by atoms with Gasteiger partial charge >= 0.3 is 6.71 Å². The number of carbonyl (C=O) groups excluding carboxylic acids is 1. The maximum atomic E-state index is 13.0. The fourth-order valence-corrected chi connectivity index (χ4v) is 3.95. The molecule has 2 rings (SSSR count). The number of amides is 1. The molecule has 2 atom stereocenters. The average Bonchev–Trinajstić information content (AvgIpc) is 2.94. The molecule has 0 spiro atoms. The number of nitrogens with zero attached hydrogens (tertiary/aromatic N) is 2. The molecular formula is C22H35BN4O3. The summed E-state index contributed by atoms with van der Waals surface area (Å²) < 4.78 is 11.4. The second-order valence-electron chi connectivity index (χ2n) is 9.55. The van der Waals surface area contributed by atoms with Gasteiger partial charge in [-0.25, -0.2) is 10.3 Å². The van der Waals surface area contributed by atoms with Gasteiger partial charge < -0.3 is 14.8 Å². The molecule has 0 saturated carbocycles. The van der Waals surface area contributed by atoms with E-state index in [1.807, 2.05) is 63.9 Å². The predicted octanol–water partition coefficient (Wildman–Crippen LogP) is 2.44. The van der Waals surface area contributed by atoms with Crippen LogP contribution >= 0.6 is 0 Å². The minimum atomic E-state index is -0.492. The van der Waals surface area contributed by atoms with E-state index in [4.69, 9.17) is 9.47 Å². The zero-order valence-corrected chi connectivity index (χ0v) is 19.3. The number of nitrogens with one attached hydrogen (secondary N) is 2. The molecule has 0 bridgehead atoms. The second-order valence-corrected chi connectivity index (χ2v) is 9.55. The van der Waals surface area contributed by atoms with E-state index >= 15 is 0 Å². The summed E-state index contributed by atoms with van der Waals surface area (Å²) in [6.45, 7) is 10.8. The minimum absolute atomic E-state index is 0.0902. The molecule has 1 fully saturated rings. The van der Waals surface area contributed by atoms with Gasteiger partial charge in [-0.1, -0.05) is 32.9 Å². The molecule has 1 saturated heterocycles. The molecule has 1 amide bonds. The Kier molecular flexibility index (Phi) is 7.92. The molecule has 0 aliphatic carbocycles. The lowest BCUT2D eigenvalue weighted by molar-refractivity contribution is -0.131. The van der Waals surface area contributed by atoms with Gasteiger partial charge in [-0.2, -0.15) is 0 Å². The SMILES string of the molecule is CNC(C(=O)NN(Cc1ccc(OC)cc1)CC1CB(C#N)C(C)(C)O1)C(C)(C)C. The maximum absolute atomic E-state index is 13.0. The zero-order chi connectivity index (χ0) is 22.5. The van der Waals surface area contributed by atoms with Crippen LogP contribution < -0.4 is 15.5 Å². The molecule has 7 nitrogen and oxygen atoms in total. The first-order valence-corrected chi connectivity index (χ1v) is 10.4. The van der Waals surface area contributed by atoms with Crippen LogP contribution in [-0.2, 0) is 16.1 Å². The van der Waals surface area contributed by atoms with Gasteiger partial charge in [-0.15, -0.1) is 0 Å². The van der Waals surface area contributed by atoms with Crippen LogP contribution in [-0.4, -0.2) is 56.0 Å². The van der Waals surface area contributed by atoms with Crippen molar-refractivity contribution in [3.63, 3.8) is 0 Å². The number of hydrogen-bond donors (Lipinski definition) is 2. The monoisotopic (exact) mass is 414 g/mol. The lowest BCUT2D eigenvalue weighted by atomic mass is 9.40. The van der Waals surface area contributed by atoms with Crippen molar-refractivity contribution in [2.75, 3.05) is 20.7 Å². The van der Waals surface area contributed by atoms with Crippen molar-refractivity contribution < 1.29 is 14.3 Å². The quantitative estimate of drug-likeness (QED) is 0.502. The van der Waals surface area contributed by atoms with Crippen LogP contribution in [0.5, 0.6) is 5.75 Å². The lowest BCUT2D eigenvalue weighted by Crippen LogP contribution is -2.56. The summed E-state index contributed by atoms with van der Waals surface area (Å²) in [7, 11) is 3.43. The van der Waals surface area contributed by atoms with Gasteiger partial charge in [0.25, 0.3) is 5.91 Å². The Hall–Kier alpha value is -2.08. The standard InChI is InChI=1S/C22H35BN4O3/c1-21(2,3)19(25-6)20(28)26-27(13-16-8-10-17(29-7)11-9-16)14-18-12-23(15-24)22(4,5)30-18/h8-11,18-19,25H,12-14H2,1-7H3,(H,26,28). The first-order valence-electron chi connectivity index (χ1n) is 10.4. The van der Waals surface area contributed by atoms with Crippen molar-refractivity contribution in [3.05, 3.63) is 29.8 Å². The minimum Gasteiger partial charge on any atom is -0.497 e. The summed E-state index contributed by atoms with van der Waals surface area (Å²) in [5.74, 6) is 3.05. The number of rotatable bonds is 8. The van der Waals surface area contributed by atoms with Gasteiger partial charge in [0.15, 0.2) is 0 Å². The lowest BCUT2D eigenvalue weighted by Gasteiger charge is -2.33. The molecule has 0 radical (unpaired) electrons. The highest BCUT2D eigenvalue weighted by Crippen LogP contribution is 2.30. The molecular weight excluding hydrogens is 379 g/mol. The van der Waals surface area contributed by atoms with Crippen LogP contribution in [0.2, 0.25) is 6.32 Å². The average molecular weight is 414 g/mol. The largest absolute Gasteiger partial charge is 0.497 e. The summed E-state index contributed by atoms with van der Waals surface area (Å²) in [4.78, 5) is 13.0. The number of benzene rings is 1. The predicted molar refractivity (Wildman–Crippen MR) is 119 cm³/mol. The van der Waals surface area contributed by atoms with E-state index in [1.54, 1.807) is 14.2 Å². The molecule has 1 aromatic rings. The molecule has 1 heterocycles. The summed E-state index contributed by atoms with van der Waals surface area (Å²) in [5.41, 5.74) is 3.39. The van der Waals surface area contributed by atoms with Gasteiger partial charge in [0, 0.05) is 19.1 Å². The van der Waals surface area contributed by atoms with Crippen LogP contribution in [0.1, 0.15) is 40.2 Å². The third kappa shape index (κ3) is 6.21. The van der Waals surface area contributed by atoms with Crippen LogP contribution in [0.25, 0.3) is 0 Å². The first kappa shape index (κ1) is 24.2. The van der Waals surface area contributed by atoms with Crippen LogP contribution in [0.4, 0.5) is 0 Å². The number of hydrogen-bond acceptors (Lipinski definition) is 6. The third-order valence-corrected chi connectivity index (χ3v) is 5.61. The van der Waals surface area contributed by atoms with E-state index < -0.39 is 5.50 Å². The number of nitriles is 1. The third-order valence-electron chi connectivity index (χ3n) is 5.61. The van der Waals surface area contributed by atoms with E-state index in [1.165, 1.54) is 0 Å². The summed E-state index contributed by atoms with van der Waals surface area (Å²) >= 11 is 0. The van der Waals surface area contributed by atoms with E-state index in [2.05, 4.69) is 16.7 Å². The highest BCUT2D eigenvalue weighted by atomic mass is 16.5. The smallest absolute Gasteiger partial charge is 0.304 e. The molecule has 0 aromatic heterocycles. The Morgan fingerprint density at radius 2 is 2.03 bits per heavy atom. The van der Waals surface area contributed by atoms with Gasteiger partial charge in [-0.3, -0.25) is 10.2 Å². The number of carbonyl (C=O) groups is 1. The van der Waals surface area contributed by atoms with E-state index in [0.29, 0.717) is 19.4 Å². The van der Waals surface area contributed by atoms with Gasteiger partial charge in [0.05, 0.1) is 24.8 Å². The van der Waals surface area contributed by atoms with Crippen molar-refractivity contribution in [2.45, 2.75) is 65.1 Å². The van der Waals surface area contributed by atoms with Gasteiger partial charge in [-0.05, 0) is 50.3 Å². The summed E-state index contributed by atoms with van der Waals surface area (Å²) in [5, 5.41) is 14.5. The van der Waals surface area contributed by atoms with Crippen molar-refractivity contribution in [3.8, 4) is 11.7 Å². The molecule has 1 aromatic carbocycles. The Bertz CT molecular complexity index is 755. The fourth-order valence-electron chi connectivity index (χ4n) is 3.95. The number of likely N-dealkylation sites (N-methyl/N-ethyl adjacent to an activating group) is 1. The summed E-state index contributed by atoms with van der Waals surface area (Å²) in [6, 6.07) is 7.43. The molecule has 8 heteroatoms. The molecule has 164 valence electrons. The second kappa shape index (κ2) is 9.82. The first-order chi connectivity index (χ1) is 14.0. The fraction of sp³-hybridized carbons (Fsp3) is 0.636. The molecule has 2 N–H and O–H groups in total. The Morgan fingerprint density at radius 1 is 1.40 bits per heavy atom. The van der Waals surface area contributed by atoms with E-state index in [0.717, 1.165) is 11.3 Å². The van der Waals surface area contributed by atoms with Crippen LogP contribution in [0.15, 0.2) is 24.3 Å². The van der Waals surface area contributed by atoms with Gasteiger partial charge in [0.2, 0.25) is 0 Å². The molecule has 1 aliphatic heterocycles. The van der Waals surface area contributed by atoms with E-state index in [-0.39, 0.29) is 30.2 Å². The van der Waals surface area contributed by atoms with Crippen molar-refractivity contribution >= 4 is 12.6 Å². The maximum Gasteiger partial charge on any atom is 0.304 e. The Morgan fingerprint density at radius 3 is 2.50 bits per heavy atom. The van der Waals surface area contributed by atoms with Crippen molar-refractivity contribution in [1.29, 1.82) is 5.26 Å². The van der Waals surface area contributed by atoms with Crippen LogP contribution in [0.3, 0.4) is 0 Å². The van der Waals surface area contributed by atoms with Gasteiger partial charge in [0.1, 0.15) is 5.75 Å². The number of hydrazine groups is 1. The normalized spacial score (nSPS) is 19.4. The molecule has 30 heavy (non-hydrogen) atoms. The highest BCUT2D eigenvalue weighted by Gasteiger charge is 2.46. The highest BCUT2D eigenvalue weighted by molar-refractivity contribution is 6.70. The van der Waals surface area contributed by atoms with Crippen molar-refractivity contribution in [1.82, 2.24) is 15.8 Å². The van der Waals surface area contributed by atoms with Crippen molar-refractivity contribution in [2.24, 2.45) is 5.41 Å². The topological polar surface area (TPSA) is 86.6 Å². The van der Waals surface area contributed by atoms with Crippen LogP contribution in [0, 0.1) is 16.6 Å². The Labute approximate surface area is 181 Å². The zero-order valence-electron chi connectivity index (χ0n) is 19.3. The molecule has 1 aliphatic rings. The number of methoxy groups -OCH3 is 1. The summed E-state index contributed by atoms with van der Waals surface area (Å²) in [6.07, 6.45) is 0.513. The molecule has 2 unspecified atom stereocenters. The van der Waals surface area contributed by atoms with E-state index in [9.17, 15) is 10.1 Å². The Balaban J connectivity index is 2.17.